The average Bonchev–Trinajstić information content (AvgIpc) is 2.52. The molecule has 0 saturated carbocycles. The highest BCUT2D eigenvalue weighted by Gasteiger charge is 2.14. The smallest absolute Gasteiger partial charge is 0.274 e. The Morgan fingerprint density at radius 1 is 1.32 bits per heavy atom. The maximum absolute atomic E-state index is 12.9. The van der Waals surface area contributed by atoms with Crippen molar-refractivity contribution >= 4 is 5.91 Å². The number of rotatable bonds is 5. The lowest BCUT2D eigenvalue weighted by atomic mass is 10.1. The van der Waals surface area contributed by atoms with Crippen LogP contribution in [0.1, 0.15) is 10.5 Å². The van der Waals surface area contributed by atoms with Gasteiger partial charge in [0, 0.05) is 11.8 Å². The summed E-state index contributed by atoms with van der Waals surface area (Å²) in [6.45, 7) is 3.18. The Kier molecular flexibility index (Phi) is 4.57. The summed E-state index contributed by atoms with van der Waals surface area (Å²) in [5.41, 5.74) is 0.947. The Morgan fingerprint density at radius 3 is 2.59 bits per heavy atom. The number of nitroso groups, excluding NO2 is 1. The van der Waals surface area contributed by atoms with Gasteiger partial charge in [0.2, 0.25) is 0 Å². The quantitative estimate of drug-likeness (QED) is 0.830. The van der Waals surface area contributed by atoms with Crippen LogP contribution in [0, 0.1) is 10.7 Å². The van der Waals surface area contributed by atoms with E-state index in [2.05, 4.69) is 22.1 Å². The maximum Gasteiger partial charge on any atom is 0.274 e. The molecule has 0 atom stereocenters. The summed E-state index contributed by atoms with van der Waals surface area (Å²) >= 11 is 0. The van der Waals surface area contributed by atoms with Gasteiger partial charge in [-0.25, -0.2) is 9.37 Å². The number of nitrogens with one attached hydrogen (secondary N) is 1. The lowest BCUT2D eigenvalue weighted by Crippen LogP contribution is -2.26. The summed E-state index contributed by atoms with van der Waals surface area (Å²) in [6, 6.07) is 6.98. The molecule has 0 spiro atoms. The first-order valence-corrected chi connectivity index (χ1v) is 6.25. The highest BCUT2D eigenvalue weighted by Crippen LogP contribution is 2.24. The molecule has 0 aliphatic rings. The van der Waals surface area contributed by atoms with E-state index in [1.807, 2.05) is 0 Å². The molecule has 0 fully saturated rings. The molecule has 7 heteroatoms. The molecule has 1 aromatic heterocycles. The van der Waals surface area contributed by atoms with Gasteiger partial charge in [-0.2, -0.15) is 0 Å². The minimum absolute atomic E-state index is 0.0456. The number of hydrogen-bond acceptors (Lipinski definition) is 5. The molecule has 0 aliphatic carbocycles. The summed E-state index contributed by atoms with van der Waals surface area (Å²) in [7, 11) is 0. The van der Waals surface area contributed by atoms with E-state index in [4.69, 9.17) is 0 Å². The minimum Gasteiger partial charge on any atom is -0.505 e. The Bertz CT molecular complexity index is 729. The van der Waals surface area contributed by atoms with Gasteiger partial charge in [0.25, 0.3) is 5.91 Å². The van der Waals surface area contributed by atoms with Crippen LogP contribution in [-0.2, 0) is 0 Å². The van der Waals surface area contributed by atoms with Crippen molar-refractivity contribution in [2.75, 3.05) is 6.54 Å². The SMILES string of the molecule is C=C(CNC(=O)c1ncc(-c2ccc(F)cc2)cc1O)N=O. The largest absolute Gasteiger partial charge is 0.505 e. The van der Waals surface area contributed by atoms with Gasteiger partial charge in [-0.15, -0.1) is 4.91 Å². The molecule has 2 rings (SSSR count). The van der Waals surface area contributed by atoms with E-state index >= 15 is 0 Å². The van der Waals surface area contributed by atoms with Gasteiger partial charge >= 0.3 is 0 Å². The van der Waals surface area contributed by atoms with Gasteiger partial charge in [-0.3, -0.25) is 4.79 Å². The van der Waals surface area contributed by atoms with E-state index in [9.17, 15) is 19.2 Å². The Labute approximate surface area is 125 Å². The van der Waals surface area contributed by atoms with Crippen LogP contribution in [-0.4, -0.2) is 22.5 Å². The van der Waals surface area contributed by atoms with Crippen LogP contribution in [0.5, 0.6) is 5.75 Å². The van der Waals surface area contributed by atoms with E-state index in [0.29, 0.717) is 11.1 Å². The zero-order valence-electron chi connectivity index (χ0n) is 11.4. The molecule has 22 heavy (non-hydrogen) atoms. The van der Waals surface area contributed by atoms with Gasteiger partial charge in [0.15, 0.2) is 5.69 Å². The van der Waals surface area contributed by atoms with Gasteiger partial charge in [0.1, 0.15) is 11.6 Å². The lowest BCUT2D eigenvalue weighted by molar-refractivity contribution is 0.0949. The molecule has 0 saturated heterocycles. The fraction of sp³-hybridized carbons (Fsp3) is 0.0667. The Morgan fingerprint density at radius 2 is 2.00 bits per heavy atom. The number of benzene rings is 1. The van der Waals surface area contributed by atoms with E-state index in [0.717, 1.165) is 0 Å². The second-order valence-electron chi connectivity index (χ2n) is 4.44. The number of carbonyl (C=O) groups excluding carboxylic acids is 1. The number of aromatic hydroxyl groups is 1. The van der Waals surface area contributed by atoms with E-state index in [-0.39, 0.29) is 29.5 Å². The zero-order valence-corrected chi connectivity index (χ0v) is 11.4. The van der Waals surface area contributed by atoms with Crippen molar-refractivity contribution in [3.8, 4) is 16.9 Å². The molecule has 2 N–H and O–H groups in total. The highest BCUT2D eigenvalue weighted by molar-refractivity contribution is 5.95. The minimum atomic E-state index is -0.659. The van der Waals surface area contributed by atoms with Crippen molar-refractivity contribution in [2.24, 2.45) is 5.18 Å². The van der Waals surface area contributed by atoms with Crippen LogP contribution in [0.3, 0.4) is 0 Å². The molecular weight excluding hydrogens is 289 g/mol. The third-order valence-electron chi connectivity index (χ3n) is 2.84. The van der Waals surface area contributed by atoms with Crippen molar-refractivity contribution in [2.45, 2.75) is 0 Å². The van der Waals surface area contributed by atoms with Gasteiger partial charge in [-0.05, 0) is 28.9 Å². The lowest BCUT2D eigenvalue weighted by Gasteiger charge is -2.07. The predicted molar refractivity (Wildman–Crippen MR) is 78.6 cm³/mol. The monoisotopic (exact) mass is 301 g/mol. The standard InChI is InChI=1S/C15H12FN3O3/c1-9(19-22)7-18-15(21)14-13(20)6-11(8-17-14)10-2-4-12(16)5-3-10/h2-6,8,20H,1,7H2,(H,18,21). The molecule has 1 aromatic carbocycles. The number of hydrogen-bond donors (Lipinski definition) is 2. The number of nitrogens with zero attached hydrogens (tertiary/aromatic N) is 2. The number of aromatic nitrogens is 1. The van der Waals surface area contributed by atoms with E-state index in [1.165, 1.54) is 36.5 Å². The first-order valence-electron chi connectivity index (χ1n) is 6.25. The predicted octanol–water partition coefficient (Wildman–Crippen LogP) is 2.60. The average molecular weight is 301 g/mol. The number of amides is 1. The summed E-state index contributed by atoms with van der Waals surface area (Å²) in [5.74, 6) is -1.36. The molecule has 6 nitrogen and oxygen atoms in total. The molecule has 0 unspecified atom stereocenters. The van der Waals surface area contributed by atoms with Crippen LogP contribution < -0.4 is 5.32 Å². The first-order chi connectivity index (χ1) is 10.5. The maximum atomic E-state index is 12.9. The number of carbonyl (C=O) groups is 1. The molecule has 1 heterocycles. The molecule has 1 amide bonds. The molecule has 0 radical (unpaired) electrons. The summed E-state index contributed by atoms with van der Waals surface area (Å²) in [5, 5.41) is 14.8. The summed E-state index contributed by atoms with van der Waals surface area (Å²) < 4.78 is 12.9. The fourth-order valence-corrected chi connectivity index (χ4v) is 1.73. The van der Waals surface area contributed by atoms with Crippen LogP contribution in [0.25, 0.3) is 11.1 Å². The topological polar surface area (TPSA) is 91.7 Å². The molecule has 0 aliphatic heterocycles. The third kappa shape index (κ3) is 3.51. The van der Waals surface area contributed by atoms with Crippen molar-refractivity contribution in [1.29, 1.82) is 0 Å². The fourth-order valence-electron chi connectivity index (χ4n) is 1.73. The molecular formula is C15H12FN3O3. The van der Waals surface area contributed by atoms with E-state index in [1.54, 1.807) is 0 Å². The number of pyridine rings is 1. The van der Waals surface area contributed by atoms with Crippen LogP contribution in [0.2, 0.25) is 0 Å². The van der Waals surface area contributed by atoms with E-state index < -0.39 is 5.91 Å². The van der Waals surface area contributed by atoms with Crippen molar-refractivity contribution < 1.29 is 14.3 Å². The molecule has 2 aromatic rings. The number of halogens is 1. The third-order valence-corrected chi connectivity index (χ3v) is 2.84. The summed E-state index contributed by atoms with van der Waals surface area (Å²) in [6.07, 6.45) is 1.38. The molecule has 112 valence electrons. The Balaban J connectivity index is 2.19. The van der Waals surface area contributed by atoms with Crippen molar-refractivity contribution in [3.63, 3.8) is 0 Å². The van der Waals surface area contributed by atoms with Gasteiger partial charge in [0.05, 0.1) is 12.2 Å². The van der Waals surface area contributed by atoms with Crippen LogP contribution in [0.15, 0.2) is 54.0 Å². The van der Waals surface area contributed by atoms with Crippen LogP contribution in [0.4, 0.5) is 4.39 Å². The summed E-state index contributed by atoms with van der Waals surface area (Å²) in [4.78, 5) is 25.9. The second kappa shape index (κ2) is 6.57. The van der Waals surface area contributed by atoms with Crippen LogP contribution >= 0.6 is 0 Å². The van der Waals surface area contributed by atoms with Crippen molar-refractivity contribution in [1.82, 2.24) is 10.3 Å². The zero-order chi connectivity index (χ0) is 16.1. The van der Waals surface area contributed by atoms with Gasteiger partial charge < -0.3 is 10.4 Å². The second-order valence-corrected chi connectivity index (χ2v) is 4.44. The normalized spacial score (nSPS) is 10.0. The first kappa shape index (κ1) is 15.3. The Hall–Kier alpha value is -3.09. The highest BCUT2D eigenvalue weighted by atomic mass is 19.1. The van der Waals surface area contributed by atoms with Gasteiger partial charge in [-0.1, -0.05) is 18.7 Å². The van der Waals surface area contributed by atoms with Crippen molar-refractivity contribution in [3.05, 3.63) is 65.2 Å². The molecule has 0 bridgehead atoms.